The molecular weight excluding hydrogens is 256 g/mol. The molecule has 0 saturated heterocycles. The molecule has 4 rings (SSSR count). The van der Waals surface area contributed by atoms with Crippen molar-refractivity contribution in [3.63, 3.8) is 0 Å². The third-order valence-corrected chi connectivity index (χ3v) is 4.00. The van der Waals surface area contributed by atoms with E-state index in [4.69, 9.17) is 0 Å². The fraction of sp³-hybridized carbons (Fsp3) is 0.0714. The maximum absolute atomic E-state index is 4.45. The number of thiophene rings is 1. The van der Waals surface area contributed by atoms with E-state index in [0.29, 0.717) is 0 Å². The topological polar surface area (TPSA) is 43.1 Å². The average molecular weight is 266 g/mol. The summed E-state index contributed by atoms with van der Waals surface area (Å²) in [4.78, 5) is 5.44. The Hall–Kier alpha value is -2.27. The van der Waals surface area contributed by atoms with E-state index in [9.17, 15) is 0 Å². The predicted octanol–water partition coefficient (Wildman–Crippen LogP) is 3.31. The summed E-state index contributed by atoms with van der Waals surface area (Å²) in [5.74, 6) is 0.829. The van der Waals surface area contributed by atoms with Crippen LogP contribution in [0.2, 0.25) is 0 Å². The van der Waals surface area contributed by atoms with Gasteiger partial charge in [-0.15, -0.1) is 21.5 Å². The van der Waals surface area contributed by atoms with Gasteiger partial charge in [-0.2, -0.15) is 0 Å². The van der Waals surface area contributed by atoms with Crippen molar-refractivity contribution in [1.29, 1.82) is 0 Å². The first-order valence-electron chi connectivity index (χ1n) is 5.97. The average Bonchev–Trinajstić information content (AvgIpc) is 3.04. The molecule has 3 heterocycles. The molecule has 0 atom stereocenters. The van der Waals surface area contributed by atoms with Crippen LogP contribution in [0.3, 0.4) is 0 Å². The molecule has 0 N–H and O–H groups in total. The summed E-state index contributed by atoms with van der Waals surface area (Å²) < 4.78 is 1.94. The first kappa shape index (κ1) is 10.6. The third-order valence-electron chi connectivity index (χ3n) is 3.18. The third kappa shape index (κ3) is 1.55. The number of aryl methyl sites for hydroxylation is 1. The molecule has 0 amide bonds. The molecule has 0 aliphatic carbocycles. The number of fused-ring (bicyclic) bond motifs is 3. The van der Waals surface area contributed by atoms with Gasteiger partial charge in [-0.25, -0.2) is 4.98 Å². The number of hydrogen-bond donors (Lipinski definition) is 0. The molecule has 4 nitrogen and oxygen atoms in total. The SMILES string of the molecule is Cc1ccc(-c2nnc3c4ccsc4ncn23)cc1. The molecule has 0 bridgehead atoms. The smallest absolute Gasteiger partial charge is 0.172 e. The highest BCUT2D eigenvalue weighted by molar-refractivity contribution is 7.16. The zero-order valence-corrected chi connectivity index (χ0v) is 11.1. The minimum absolute atomic E-state index is 0.829. The summed E-state index contributed by atoms with van der Waals surface area (Å²) in [5, 5.41) is 11.7. The van der Waals surface area contributed by atoms with Gasteiger partial charge in [0.1, 0.15) is 11.2 Å². The van der Waals surface area contributed by atoms with Crippen LogP contribution in [0.5, 0.6) is 0 Å². The second kappa shape index (κ2) is 3.86. The Morgan fingerprint density at radius 2 is 1.89 bits per heavy atom. The molecule has 92 valence electrons. The van der Waals surface area contributed by atoms with Crippen LogP contribution >= 0.6 is 11.3 Å². The van der Waals surface area contributed by atoms with E-state index < -0.39 is 0 Å². The molecule has 0 aliphatic rings. The Morgan fingerprint density at radius 3 is 2.74 bits per heavy atom. The van der Waals surface area contributed by atoms with Crippen molar-refractivity contribution < 1.29 is 0 Å². The van der Waals surface area contributed by atoms with E-state index in [-0.39, 0.29) is 0 Å². The van der Waals surface area contributed by atoms with Gasteiger partial charge in [0.2, 0.25) is 0 Å². The van der Waals surface area contributed by atoms with Crippen molar-refractivity contribution in [3.05, 3.63) is 47.6 Å². The van der Waals surface area contributed by atoms with Gasteiger partial charge in [0.15, 0.2) is 11.5 Å². The number of benzene rings is 1. The standard InChI is InChI=1S/C14H10N4S/c1-9-2-4-10(5-3-9)12-16-17-13-11-6-7-19-14(11)15-8-18(12)13/h2-8H,1H3. The van der Waals surface area contributed by atoms with Crippen molar-refractivity contribution >= 4 is 27.2 Å². The van der Waals surface area contributed by atoms with Crippen molar-refractivity contribution in [2.24, 2.45) is 0 Å². The van der Waals surface area contributed by atoms with Crippen LogP contribution in [0, 0.1) is 6.92 Å². The number of rotatable bonds is 1. The van der Waals surface area contributed by atoms with Crippen molar-refractivity contribution in [1.82, 2.24) is 19.6 Å². The molecule has 0 radical (unpaired) electrons. The van der Waals surface area contributed by atoms with Crippen LogP contribution in [0.15, 0.2) is 42.0 Å². The lowest BCUT2D eigenvalue weighted by atomic mass is 10.1. The minimum Gasteiger partial charge on any atom is -0.265 e. The Morgan fingerprint density at radius 1 is 1.05 bits per heavy atom. The summed E-state index contributed by atoms with van der Waals surface area (Å²) in [5.41, 5.74) is 3.15. The minimum atomic E-state index is 0.829. The monoisotopic (exact) mass is 266 g/mol. The number of aromatic nitrogens is 4. The molecule has 0 unspecified atom stereocenters. The number of hydrogen-bond acceptors (Lipinski definition) is 4. The molecule has 3 aromatic heterocycles. The lowest BCUT2D eigenvalue weighted by molar-refractivity contribution is 1.09. The highest BCUT2D eigenvalue weighted by Gasteiger charge is 2.11. The van der Waals surface area contributed by atoms with E-state index in [1.807, 2.05) is 15.8 Å². The second-order valence-electron chi connectivity index (χ2n) is 4.47. The van der Waals surface area contributed by atoms with Crippen LogP contribution in [0.4, 0.5) is 0 Å². The summed E-state index contributed by atoms with van der Waals surface area (Å²) in [6, 6.07) is 10.3. The summed E-state index contributed by atoms with van der Waals surface area (Å²) >= 11 is 1.62. The van der Waals surface area contributed by atoms with Gasteiger partial charge >= 0.3 is 0 Å². The fourth-order valence-electron chi connectivity index (χ4n) is 2.17. The molecular formula is C14H10N4S. The Balaban J connectivity index is 2.02. The zero-order chi connectivity index (χ0) is 12.8. The zero-order valence-electron chi connectivity index (χ0n) is 10.2. The van der Waals surface area contributed by atoms with Crippen molar-refractivity contribution in [3.8, 4) is 11.4 Å². The first-order valence-corrected chi connectivity index (χ1v) is 6.85. The second-order valence-corrected chi connectivity index (χ2v) is 5.36. The van der Waals surface area contributed by atoms with Crippen LogP contribution in [-0.4, -0.2) is 19.6 Å². The van der Waals surface area contributed by atoms with E-state index in [2.05, 4.69) is 46.4 Å². The number of nitrogens with zero attached hydrogens (tertiary/aromatic N) is 4. The molecule has 5 heteroatoms. The van der Waals surface area contributed by atoms with Crippen LogP contribution in [-0.2, 0) is 0 Å². The molecule has 0 spiro atoms. The largest absolute Gasteiger partial charge is 0.265 e. The Labute approximate surface area is 113 Å². The van der Waals surface area contributed by atoms with Gasteiger partial charge in [0.25, 0.3) is 0 Å². The van der Waals surface area contributed by atoms with Gasteiger partial charge in [-0.1, -0.05) is 29.8 Å². The van der Waals surface area contributed by atoms with Gasteiger partial charge in [-0.05, 0) is 18.4 Å². The van der Waals surface area contributed by atoms with Crippen LogP contribution < -0.4 is 0 Å². The first-order chi connectivity index (χ1) is 9.33. The van der Waals surface area contributed by atoms with Gasteiger partial charge < -0.3 is 0 Å². The van der Waals surface area contributed by atoms with E-state index >= 15 is 0 Å². The van der Waals surface area contributed by atoms with Gasteiger partial charge in [0.05, 0.1) is 5.39 Å². The highest BCUT2D eigenvalue weighted by atomic mass is 32.1. The molecule has 0 saturated carbocycles. The highest BCUT2D eigenvalue weighted by Crippen LogP contribution is 2.25. The normalized spacial score (nSPS) is 11.4. The summed E-state index contributed by atoms with van der Waals surface area (Å²) in [6.45, 7) is 2.07. The lowest BCUT2D eigenvalue weighted by Crippen LogP contribution is -1.91. The van der Waals surface area contributed by atoms with Crippen LogP contribution in [0.25, 0.3) is 27.3 Å². The predicted molar refractivity (Wildman–Crippen MR) is 76.3 cm³/mol. The Kier molecular flexibility index (Phi) is 2.16. The van der Waals surface area contributed by atoms with E-state index in [0.717, 1.165) is 27.3 Å². The van der Waals surface area contributed by atoms with Crippen LogP contribution in [0.1, 0.15) is 5.56 Å². The van der Waals surface area contributed by atoms with E-state index in [1.165, 1.54) is 5.56 Å². The van der Waals surface area contributed by atoms with Crippen molar-refractivity contribution in [2.75, 3.05) is 0 Å². The molecule has 0 aliphatic heterocycles. The molecule has 1 aromatic carbocycles. The fourth-order valence-corrected chi connectivity index (χ4v) is 2.89. The molecule has 0 fully saturated rings. The Bertz CT molecular complexity index is 873. The maximum atomic E-state index is 4.45. The molecule has 19 heavy (non-hydrogen) atoms. The van der Waals surface area contributed by atoms with Gasteiger partial charge in [-0.3, -0.25) is 4.40 Å². The quantitative estimate of drug-likeness (QED) is 0.531. The lowest BCUT2D eigenvalue weighted by Gasteiger charge is -2.00. The van der Waals surface area contributed by atoms with E-state index in [1.54, 1.807) is 17.7 Å². The van der Waals surface area contributed by atoms with Gasteiger partial charge in [0, 0.05) is 5.56 Å². The summed E-state index contributed by atoms with van der Waals surface area (Å²) in [7, 11) is 0. The summed E-state index contributed by atoms with van der Waals surface area (Å²) in [6.07, 6.45) is 1.79. The molecule has 4 aromatic rings. The maximum Gasteiger partial charge on any atom is 0.172 e. The van der Waals surface area contributed by atoms with Crippen molar-refractivity contribution in [2.45, 2.75) is 6.92 Å².